The first-order valence-electron chi connectivity index (χ1n) is 10.5. The van der Waals surface area contributed by atoms with E-state index in [9.17, 15) is 4.79 Å². The molecule has 5 heteroatoms. The maximum absolute atomic E-state index is 12.1. The molecular weight excluding hydrogens is 360 g/mol. The summed E-state index contributed by atoms with van der Waals surface area (Å²) >= 11 is 0. The number of hydrogen-bond acceptors (Lipinski definition) is 2. The van der Waals surface area contributed by atoms with Crippen LogP contribution in [0.25, 0.3) is 0 Å². The van der Waals surface area contributed by atoms with Gasteiger partial charge in [0.2, 0.25) is 5.91 Å². The van der Waals surface area contributed by atoms with E-state index in [1.807, 2.05) is 24.3 Å². The highest BCUT2D eigenvalue weighted by Crippen LogP contribution is 2.27. The predicted octanol–water partition coefficient (Wildman–Crippen LogP) is 4.11. The molecule has 0 spiro atoms. The van der Waals surface area contributed by atoms with Gasteiger partial charge in [0.15, 0.2) is 5.96 Å². The zero-order valence-corrected chi connectivity index (χ0v) is 17.4. The van der Waals surface area contributed by atoms with Crippen LogP contribution < -0.4 is 16.0 Å². The Bertz CT molecular complexity index is 815. The second-order valence-electron chi connectivity index (χ2n) is 7.81. The first-order chi connectivity index (χ1) is 14.1. The molecule has 1 saturated carbocycles. The minimum absolute atomic E-state index is 0.145. The molecule has 3 N–H and O–H groups in total. The van der Waals surface area contributed by atoms with Gasteiger partial charge in [0.1, 0.15) is 0 Å². The summed E-state index contributed by atoms with van der Waals surface area (Å²) in [6, 6.07) is 18.8. The molecule has 0 aromatic heterocycles. The largest absolute Gasteiger partial charge is 0.354 e. The molecule has 0 aliphatic heterocycles. The number of rotatable bonds is 8. The van der Waals surface area contributed by atoms with Crippen LogP contribution in [-0.2, 0) is 17.8 Å². The van der Waals surface area contributed by atoms with Crippen molar-refractivity contribution in [1.82, 2.24) is 10.6 Å². The summed E-state index contributed by atoms with van der Waals surface area (Å²) in [5.41, 5.74) is 3.32. The van der Waals surface area contributed by atoms with E-state index in [4.69, 9.17) is 0 Å². The molecule has 154 valence electrons. The van der Waals surface area contributed by atoms with Crippen molar-refractivity contribution in [2.45, 2.75) is 51.6 Å². The van der Waals surface area contributed by atoms with Crippen LogP contribution in [0.3, 0.4) is 0 Å². The summed E-state index contributed by atoms with van der Waals surface area (Å²) in [6.45, 7) is 2.82. The van der Waals surface area contributed by atoms with Gasteiger partial charge in [-0.05, 0) is 55.9 Å². The topological polar surface area (TPSA) is 65.5 Å². The highest BCUT2D eigenvalue weighted by molar-refractivity contribution is 5.93. The maximum Gasteiger partial charge on any atom is 0.227 e. The van der Waals surface area contributed by atoms with Gasteiger partial charge in [-0.3, -0.25) is 9.79 Å². The molecule has 1 aliphatic rings. The van der Waals surface area contributed by atoms with Crippen LogP contribution in [0.1, 0.15) is 43.7 Å². The van der Waals surface area contributed by atoms with Crippen molar-refractivity contribution in [2.24, 2.45) is 10.9 Å². The third-order valence-corrected chi connectivity index (χ3v) is 5.45. The van der Waals surface area contributed by atoms with Crippen molar-refractivity contribution >= 4 is 17.6 Å². The van der Waals surface area contributed by atoms with Crippen molar-refractivity contribution in [3.63, 3.8) is 0 Å². The monoisotopic (exact) mass is 392 g/mol. The van der Waals surface area contributed by atoms with Gasteiger partial charge in [0.25, 0.3) is 0 Å². The first-order valence-corrected chi connectivity index (χ1v) is 10.5. The fourth-order valence-corrected chi connectivity index (χ4v) is 3.39. The second-order valence-corrected chi connectivity index (χ2v) is 7.81. The number of amides is 1. The number of anilines is 1. The number of nitrogens with one attached hydrogen (secondary N) is 3. The van der Waals surface area contributed by atoms with E-state index in [2.05, 4.69) is 58.2 Å². The molecule has 1 aliphatic carbocycles. The second kappa shape index (κ2) is 10.6. The zero-order chi connectivity index (χ0) is 20.5. The number of guanidine groups is 1. The number of aliphatic imine (C=N–C) groups is 1. The molecule has 1 amide bonds. The molecule has 29 heavy (non-hydrogen) atoms. The SMILES string of the molecule is CN=C(NCc1cccc(NC(=O)C2CCC2)c1)NC(C)CCc1ccccc1. The molecule has 3 rings (SSSR count). The minimum atomic E-state index is 0.145. The molecule has 2 aromatic carbocycles. The summed E-state index contributed by atoms with van der Waals surface area (Å²) in [6.07, 6.45) is 5.26. The molecule has 1 unspecified atom stereocenters. The first kappa shape index (κ1) is 20.9. The van der Waals surface area contributed by atoms with Crippen molar-refractivity contribution < 1.29 is 4.79 Å². The van der Waals surface area contributed by atoms with Gasteiger partial charge < -0.3 is 16.0 Å². The summed E-state index contributed by atoms with van der Waals surface area (Å²) in [5, 5.41) is 9.86. The molecule has 1 fully saturated rings. The van der Waals surface area contributed by atoms with Gasteiger partial charge in [0.05, 0.1) is 0 Å². The Hall–Kier alpha value is -2.82. The van der Waals surface area contributed by atoms with E-state index in [1.54, 1.807) is 7.05 Å². The van der Waals surface area contributed by atoms with Crippen molar-refractivity contribution in [3.05, 3.63) is 65.7 Å². The lowest BCUT2D eigenvalue weighted by Gasteiger charge is -2.24. The Morgan fingerprint density at radius 3 is 2.55 bits per heavy atom. The van der Waals surface area contributed by atoms with Crippen LogP contribution in [0.15, 0.2) is 59.6 Å². The lowest BCUT2D eigenvalue weighted by molar-refractivity contribution is -0.122. The third kappa shape index (κ3) is 6.63. The summed E-state index contributed by atoms with van der Waals surface area (Å²) in [7, 11) is 1.79. The van der Waals surface area contributed by atoms with E-state index in [1.165, 1.54) is 5.56 Å². The predicted molar refractivity (Wildman–Crippen MR) is 120 cm³/mol. The summed E-state index contributed by atoms with van der Waals surface area (Å²) in [5.74, 6) is 1.12. The lowest BCUT2D eigenvalue weighted by atomic mass is 9.85. The number of hydrogen-bond donors (Lipinski definition) is 3. The van der Waals surface area contributed by atoms with Crippen LogP contribution in [-0.4, -0.2) is 25.0 Å². The van der Waals surface area contributed by atoms with Crippen LogP contribution in [0.4, 0.5) is 5.69 Å². The van der Waals surface area contributed by atoms with Crippen LogP contribution in [0.2, 0.25) is 0 Å². The summed E-state index contributed by atoms with van der Waals surface area (Å²) in [4.78, 5) is 16.5. The average Bonchev–Trinajstić information content (AvgIpc) is 2.69. The molecule has 5 nitrogen and oxygen atoms in total. The Kier molecular flexibility index (Phi) is 7.68. The number of aryl methyl sites for hydroxylation is 1. The molecular formula is C24H32N4O. The average molecular weight is 393 g/mol. The fourth-order valence-electron chi connectivity index (χ4n) is 3.39. The van der Waals surface area contributed by atoms with E-state index < -0.39 is 0 Å². The van der Waals surface area contributed by atoms with Gasteiger partial charge >= 0.3 is 0 Å². The third-order valence-electron chi connectivity index (χ3n) is 5.45. The molecule has 2 aromatic rings. The van der Waals surface area contributed by atoms with E-state index in [0.29, 0.717) is 12.6 Å². The van der Waals surface area contributed by atoms with Crippen LogP contribution in [0, 0.1) is 5.92 Å². The normalized spacial score (nSPS) is 15.3. The molecule has 0 heterocycles. The summed E-state index contributed by atoms with van der Waals surface area (Å²) < 4.78 is 0. The highest BCUT2D eigenvalue weighted by Gasteiger charge is 2.25. The Labute approximate surface area is 174 Å². The molecule has 0 radical (unpaired) electrons. The van der Waals surface area contributed by atoms with Gasteiger partial charge in [-0.2, -0.15) is 0 Å². The fraction of sp³-hybridized carbons (Fsp3) is 0.417. The van der Waals surface area contributed by atoms with Crippen molar-refractivity contribution in [1.29, 1.82) is 0 Å². The van der Waals surface area contributed by atoms with Gasteiger partial charge in [-0.25, -0.2) is 0 Å². The number of benzene rings is 2. The standard InChI is InChI=1S/C24H32N4O/c1-18(14-15-19-8-4-3-5-9-19)27-24(25-2)26-17-20-10-6-13-22(16-20)28-23(29)21-11-7-12-21/h3-6,8-10,13,16,18,21H,7,11-12,14-15,17H2,1-2H3,(H,28,29)(H2,25,26,27). The Morgan fingerprint density at radius 2 is 1.86 bits per heavy atom. The van der Waals surface area contributed by atoms with Crippen molar-refractivity contribution in [3.8, 4) is 0 Å². The van der Waals surface area contributed by atoms with Gasteiger partial charge in [-0.15, -0.1) is 0 Å². The molecule has 1 atom stereocenters. The number of carbonyl (C=O) groups excluding carboxylic acids is 1. The van der Waals surface area contributed by atoms with Crippen LogP contribution in [0.5, 0.6) is 0 Å². The van der Waals surface area contributed by atoms with Gasteiger partial charge in [0, 0.05) is 31.2 Å². The zero-order valence-electron chi connectivity index (χ0n) is 17.4. The maximum atomic E-state index is 12.1. The minimum Gasteiger partial charge on any atom is -0.354 e. The van der Waals surface area contributed by atoms with Gasteiger partial charge in [-0.1, -0.05) is 48.9 Å². The van der Waals surface area contributed by atoms with E-state index >= 15 is 0 Å². The Balaban J connectivity index is 1.45. The number of nitrogens with zero attached hydrogens (tertiary/aromatic N) is 1. The lowest BCUT2D eigenvalue weighted by Crippen LogP contribution is -2.42. The smallest absolute Gasteiger partial charge is 0.227 e. The molecule has 0 bridgehead atoms. The van der Waals surface area contributed by atoms with Crippen molar-refractivity contribution in [2.75, 3.05) is 12.4 Å². The Morgan fingerprint density at radius 1 is 1.10 bits per heavy atom. The van der Waals surface area contributed by atoms with Crippen LogP contribution >= 0.6 is 0 Å². The highest BCUT2D eigenvalue weighted by atomic mass is 16.1. The molecule has 0 saturated heterocycles. The van der Waals surface area contributed by atoms with E-state index in [-0.39, 0.29) is 11.8 Å². The van der Waals surface area contributed by atoms with E-state index in [0.717, 1.165) is 49.3 Å². The quantitative estimate of drug-likeness (QED) is 0.468. The number of carbonyl (C=O) groups is 1.